The molecule has 4 saturated carbocycles. The summed E-state index contributed by atoms with van der Waals surface area (Å²) in [6.07, 6.45) is 19.8. The number of rotatable bonds is 4. The van der Waals surface area contributed by atoms with Crippen LogP contribution in [0.1, 0.15) is 125 Å². The Balaban J connectivity index is 1.43. The van der Waals surface area contributed by atoms with E-state index in [2.05, 4.69) is 41.5 Å². The van der Waals surface area contributed by atoms with Gasteiger partial charge in [-0.05, 0) is 110 Å². The lowest BCUT2D eigenvalue weighted by atomic mass is 9.42. The predicted molar refractivity (Wildman–Crippen MR) is 122 cm³/mol. The van der Waals surface area contributed by atoms with Crippen LogP contribution in [0.3, 0.4) is 0 Å². The first-order chi connectivity index (χ1) is 13.2. The Kier molecular flexibility index (Phi) is 5.77. The molecule has 0 aliphatic heterocycles. The first kappa shape index (κ1) is 21.2. The van der Waals surface area contributed by atoms with E-state index in [1.54, 1.807) is 44.9 Å². The van der Waals surface area contributed by atoms with Crippen molar-refractivity contribution in [3.8, 4) is 0 Å². The highest BCUT2D eigenvalue weighted by Crippen LogP contribution is 2.69. The third-order valence-electron chi connectivity index (χ3n) is 11.0. The summed E-state index contributed by atoms with van der Waals surface area (Å²) in [5, 5.41) is 0. The standard InChI is InChI=1S/C28H50/c1-20-10-9-12-23-22(20)14-16-25-24-15-13-21(11-7-8-17-26(2,3)4)27(24,5)18-19-28(23,25)6/h20-25H,7-19H2,1-6H3. The summed E-state index contributed by atoms with van der Waals surface area (Å²) < 4.78 is 0. The maximum Gasteiger partial charge on any atom is -0.0263 e. The van der Waals surface area contributed by atoms with E-state index in [9.17, 15) is 0 Å². The van der Waals surface area contributed by atoms with Crippen molar-refractivity contribution in [3.63, 3.8) is 0 Å². The maximum absolute atomic E-state index is 2.77. The monoisotopic (exact) mass is 386 g/mol. The quantitative estimate of drug-likeness (QED) is 0.423. The van der Waals surface area contributed by atoms with Crippen LogP contribution >= 0.6 is 0 Å². The summed E-state index contributed by atoms with van der Waals surface area (Å²) in [7, 11) is 0. The van der Waals surface area contributed by atoms with Gasteiger partial charge in [-0.3, -0.25) is 0 Å². The Morgan fingerprint density at radius 1 is 0.750 bits per heavy atom. The molecule has 0 radical (unpaired) electrons. The van der Waals surface area contributed by atoms with Crippen LogP contribution < -0.4 is 0 Å². The molecule has 0 aromatic carbocycles. The highest BCUT2D eigenvalue weighted by atomic mass is 14.7. The minimum Gasteiger partial charge on any atom is -0.0622 e. The predicted octanol–water partition coefficient (Wildman–Crippen LogP) is 8.89. The maximum atomic E-state index is 2.77. The lowest BCUT2D eigenvalue weighted by Crippen LogP contribution is -2.55. The van der Waals surface area contributed by atoms with E-state index in [1.807, 2.05) is 0 Å². The van der Waals surface area contributed by atoms with Crippen LogP contribution in [0.15, 0.2) is 0 Å². The largest absolute Gasteiger partial charge is 0.0622 e. The number of hydrogen-bond acceptors (Lipinski definition) is 0. The molecule has 0 saturated heterocycles. The zero-order chi connectivity index (χ0) is 20.2. The van der Waals surface area contributed by atoms with Gasteiger partial charge in [-0.1, -0.05) is 67.2 Å². The van der Waals surface area contributed by atoms with E-state index in [0.717, 1.165) is 35.5 Å². The molecule has 8 unspecified atom stereocenters. The van der Waals surface area contributed by atoms with Crippen LogP contribution in [-0.2, 0) is 0 Å². The molecule has 0 amide bonds. The molecule has 0 spiro atoms. The van der Waals surface area contributed by atoms with Crippen molar-refractivity contribution in [2.45, 2.75) is 125 Å². The SMILES string of the molecule is CC1CCCC2C1CCC1C3CCC(CCCCC(C)(C)C)C3(C)CCC21C. The molecule has 0 nitrogen and oxygen atoms in total. The molecule has 28 heavy (non-hydrogen) atoms. The summed E-state index contributed by atoms with van der Waals surface area (Å²) in [6, 6.07) is 0. The molecule has 4 aliphatic carbocycles. The molecule has 0 N–H and O–H groups in total. The topological polar surface area (TPSA) is 0 Å². The number of fused-ring (bicyclic) bond motifs is 5. The highest BCUT2D eigenvalue weighted by Gasteiger charge is 2.61. The summed E-state index contributed by atoms with van der Waals surface area (Å²) in [5.74, 6) is 6.27. The number of hydrogen-bond donors (Lipinski definition) is 0. The van der Waals surface area contributed by atoms with Crippen LogP contribution in [-0.4, -0.2) is 0 Å². The Labute approximate surface area is 177 Å². The van der Waals surface area contributed by atoms with Gasteiger partial charge in [-0.15, -0.1) is 0 Å². The molecular formula is C28H50. The van der Waals surface area contributed by atoms with Crippen LogP contribution in [0.25, 0.3) is 0 Å². The Hall–Kier alpha value is 0. The molecule has 0 aromatic rings. The minimum atomic E-state index is 0.518. The van der Waals surface area contributed by atoms with E-state index in [-0.39, 0.29) is 0 Å². The van der Waals surface area contributed by atoms with Gasteiger partial charge >= 0.3 is 0 Å². The van der Waals surface area contributed by atoms with Gasteiger partial charge < -0.3 is 0 Å². The zero-order valence-electron chi connectivity index (χ0n) is 20.2. The van der Waals surface area contributed by atoms with Gasteiger partial charge in [0.2, 0.25) is 0 Å². The fourth-order valence-corrected chi connectivity index (χ4v) is 9.25. The Morgan fingerprint density at radius 2 is 1.43 bits per heavy atom. The zero-order valence-corrected chi connectivity index (χ0v) is 20.2. The summed E-state index contributed by atoms with van der Waals surface area (Å²) in [5.41, 5.74) is 1.88. The van der Waals surface area contributed by atoms with E-state index < -0.39 is 0 Å². The van der Waals surface area contributed by atoms with E-state index in [1.165, 1.54) is 38.5 Å². The van der Waals surface area contributed by atoms with Crippen LogP contribution in [0.5, 0.6) is 0 Å². The minimum absolute atomic E-state index is 0.518. The van der Waals surface area contributed by atoms with Crippen LogP contribution in [0.2, 0.25) is 0 Å². The molecule has 4 aliphatic rings. The fraction of sp³-hybridized carbons (Fsp3) is 1.00. The van der Waals surface area contributed by atoms with Gasteiger partial charge in [0.05, 0.1) is 0 Å². The van der Waals surface area contributed by atoms with Crippen LogP contribution in [0, 0.1) is 51.8 Å². The smallest absolute Gasteiger partial charge is 0.0263 e. The molecule has 162 valence electrons. The molecular weight excluding hydrogens is 336 g/mol. The van der Waals surface area contributed by atoms with Crippen molar-refractivity contribution in [2.24, 2.45) is 51.8 Å². The van der Waals surface area contributed by atoms with Gasteiger partial charge in [0.1, 0.15) is 0 Å². The number of unbranched alkanes of at least 4 members (excludes halogenated alkanes) is 1. The average molecular weight is 387 g/mol. The van der Waals surface area contributed by atoms with Crippen molar-refractivity contribution in [1.82, 2.24) is 0 Å². The first-order valence-corrected chi connectivity index (χ1v) is 13.2. The van der Waals surface area contributed by atoms with Crippen molar-refractivity contribution in [3.05, 3.63) is 0 Å². The third-order valence-corrected chi connectivity index (χ3v) is 11.0. The van der Waals surface area contributed by atoms with Crippen molar-refractivity contribution in [1.29, 1.82) is 0 Å². The van der Waals surface area contributed by atoms with E-state index >= 15 is 0 Å². The van der Waals surface area contributed by atoms with Gasteiger partial charge in [0, 0.05) is 0 Å². The first-order valence-electron chi connectivity index (χ1n) is 13.2. The molecule has 4 rings (SSSR count). The Morgan fingerprint density at radius 3 is 2.18 bits per heavy atom. The fourth-order valence-electron chi connectivity index (χ4n) is 9.25. The summed E-state index contributed by atoms with van der Waals surface area (Å²) in [6.45, 7) is 15.3. The molecule has 0 bridgehead atoms. The lowest BCUT2D eigenvalue weighted by Gasteiger charge is -2.62. The second-order valence-electron chi connectivity index (χ2n) is 13.6. The molecule has 8 atom stereocenters. The molecule has 0 heterocycles. The summed E-state index contributed by atoms with van der Waals surface area (Å²) in [4.78, 5) is 0. The van der Waals surface area contributed by atoms with Gasteiger partial charge in [-0.2, -0.15) is 0 Å². The lowest BCUT2D eigenvalue weighted by molar-refractivity contribution is -0.133. The van der Waals surface area contributed by atoms with Crippen molar-refractivity contribution >= 4 is 0 Å². The molecule has 4 fully saturated rings. The second kappa shape index (κ2) is 7.60. The third kappa shape index (κ3) is 3.62. The van der Waals surface area contributed by atoms with Crippen molar-refractivity contribution in [2.75, 3.05) is 0 Å². The molecule has 0 aromatic heterocycles. The van der Waals surface area contributed by atoms with E-state index in [4.69, 9.17) is 0 Å². The highest BCUT2D eigenvalue weighted by molar-refractivity contribution is 5.10. The van der Waals surface area contributed by atoms with E-state index in [0.29, 0.717) is 16.2 Å². The van der Waals surface area contributed by atoms with Gasteiger partial charge in [0.25, 0.3) is 0 Å². The average Bonchev–Trinajstić information content (AvgIpc) is 2.95. The molecule has 0 heteroatoms. The Bertz CT molecular complexity index is 541. The van der Waals surface area contributed by atoms with Crippen molar-refractivity contribution < 1.29 is 0 Å². The normalized spacial score (nSPS) is 48.6. The van der Waals surface area contributed by atoms with Gasteiger partial charge in [0.15, 0.2) is 0 Å². The van der Waals surface area contributed by atoms with Crippen LogP contribution in [0.4, 0.5) is 0 Å². The second-order valence-corrected chi connectivity index (χ2v) is 13.6. The van der Waals surface area contributed by atoms with Gasteiger partial charge in [-0.25, -0.2) is 0 Å². The summed E-state index contributed by atoms with van der Waals surface area (Å²) >= 11 is 0.